The summed E-state index contributed by atoms with van der Waals surface area (Å²) in [5.74, 6) is 0.547. The Balaban J connectivity index is 0.00000450. The van der Waals surface area contributed by atoms with Crippen molar-refractivity contribution < 1.29 is 0 Å². The smallest absolute Gasteiger partial charge is 0.0671 e. The highest BCUT2D eigenvalue weighted by atomic mass is 35.5. The molecule has 0 spiro atoms. The largest absolute Gasteiger partial charge is 0.304 e. The standard InChI is InChI=1S/C27H42N2.2ClH/c1-5-6-22-29-26(28-4)27(23(2)3,25-19-13-8-14-20-25)21-15-9-12-18-24-16-10-7-11-17-24;;/h7-8,10-11,13-14,16-17,19-20,23,26,28-29H,5-6,9,12,15,18,21-22H2,1-4H3;2*1H. The molecule has 2 aromatic rings. The summed E-state index contributed by atoms with van der Waals surface area (Å²) < 4.78 is 0. The number of likely N-dealkylation sites (N-methyl/N-ethyl adjacent to an activating group) is 1. The molecule has 0 aliphatic carbocycles. The molecule has 0 aliphatic rings. The molecule has 4 heteroatoms. The van der Waals surface area contributed by atoms with Crippen molar-refractivity contribution >= 4 is 24.8 Å². The number of unbranched alkanes of at least 4 members (excludes halogenated alkanes) is 3. The molecule has 2 atom stereocenters. The maximum Gasteiger partial charge on any atom is 0.0671 e. The lowest BCUT2D eigenvalue weighted by Gasteiger charge is -2.45. The average molecular weight is 468 g/mol. The first-order chi connectivity index (χ1) is 14.1. The van der Waals surface area contributed by atoms with Gasteiger partial charge in [-0.15, -0.1) is 24.8 Å². The molecular formula is C27H44Cl2N2. The molecule has 0 saturated carbocycles. The number of hydrogen-bond donors (Lipinski definition) is 2. The number of nitrogens with one attached hydrogen (secondary N) is 2. The molecule has 0 aliphatic heterocycles. The Hall–Kier alpha value is -1.06. The van der Waals surface area contributed by atoms with Crippen molar-refractivity contribution in [1.29, 1.82) is 0 Å². The van der Waals surface area contributed by atoms with Gasteiger partial charge in [-0.2, -0.15) is 0 Å². The van der Waals surface area contributed by atoms with Gasteiger partial charge in [-0.1, -0.05) is 101 Å². The number of hydrogen-bond acceptors (Lipinski definition) is 2. The highest BCUT2D eigenvalue weighted by Crippen LogP contribution is 2.40. The van der Waals surface area contributed by atoms with Gasteiger partial charge in [0.1, 0.15) is 0 Å². The van der Waals surface area contributed by atoms with Gasteiger partial charge in [0.25, 0.3) is 0 Å². The quantitative estimate of drug-likeness (QED) is 0.227. The summed E-state index contributed by atoms with van der Waals surface area (Å²) >= 11 is 0. The van der Waals surface area contributed by atoms with Gasteiger partial charge in [0.05, 0.1) is 6.17 Å². The Kier molecular flexibility index (Phi) is 16.0. The molecule has 0 radical (unpaired) electrons. The molecule has 2 nitrogen and oxygen atoms in total. The minimum absolute atomic E-state index is 0. The average Bonchev–Trinajstić information content (AvgIpc) is 2.75. The van der Waals surface area contributed by atoms with E-state index in [1.165, 1.54) is 56.1 Å². The van der Waals surface area contributed by atoms with E-state index in [1.54, 1.807) is 0 Å². The zero-order valence-corrected chi connectivity index (χ0v) is 21.5. The van der Waals surface area contributed by atoms with Gasteiger partial charge in [0, 0.05) is 5.41 Å². The molecule has 0 amide bonds. The number of halogens is 2. The third-order valence-electron chi connectivity index (χ3n) is 6.42. The fourth-order valence-electron chi connectivity index (χ4n) is 4.69. The van der Waals surface area contributed by atoms with Gasteiger partial charge in [-0.25, -0.2) is 0 Å². The maximum absolute atomic E-state index is 3.85. The Bertz CT molecular complexity index is 663. The lowest BCUT2D eigenvalue weighted by atomic mass is 9.66. The first-order valence-electron chi connectivity index (χ1n) is 11.6. The van der Waals surface area contributed by atoms with E-state index in [9.17, 15) is 0 Å². The van der Waals surface area contributed by atoms with Crippen molar-refractivity contribution in [3.05, 3.63) is 71.8 Å². The van der Waals surface area contributed by atoms with Crippen LogP contribution >= 0.6 is 24.8 Å². The van der Waals surface area contributed by atoms with Crippen LogP contribution in [-0.2, 0) is 11.8 Å². The molecule has 2 unspecified atom stereocenters. The highest BCUT2D eigenvalue weighted by molar-refractivity contribution is 5.85. The van der Waals surface area contributed by atoms with Crippen LogP contribution in [0.25, 0.3) is 0 Å². The van der Waals surface area contributed by atoms with E-state index in [4.69, 9.17) is 0 Å². The van der Waals surface area contributed by atoms with Crippen LogP contribution in [-0.4, -0.2) is 19.8 Å². The molecule has 176 valence electrons. The summed E-state index contributed by atoms with van der Waals surface area (Å²) in [4.78, 5) is 0. The van der Waals surface area contributed by atoms with Crippen LogP contribution in [0.3, 0.4) is 0 Å². The second-order valence-electron chi connectivity index (χ2n) is 8.64. The van der Waals surface area contributed by atoms with Crippen LogP contribution in [0.4, 0.5) is 0 Å². The van der Waals surface area contributed by atoms with E-state index in [0.717, 1.165) is 6.54 Å². The minimum Gasteiger partial charge on any atom is -0.304 e. The molecule has 0 aromatic heterocycles. The second-order valence-corrected chi connectivity index (χ2v) is 8.64. The highest BCUT2D eigenvalue weighted by Gasteiger charge is 2.41. The van der Waals surface area contributed by atoms with Gasteiger partial charge in [0.15, 0.2) is 0 Å². The molecule has 2 rings (SSSR count). The normalized spacial score (nSPS) is 13.7. The molecule has 0 saturated heterocycles. The summed E-state index contributed by atoms with van der Waals surface area (Å²) in [6.07, 6.45) is 8.92. The zero-order chi connectivity index (χ0) is 21.0. The molecule has 31 heavy (non-hydrogen) atoms. The Morgan fingerprint density at radius 3 is 1.97 bits per heavy atom. The molecule has 0 heterocycles. The number of rotatable bonds is 14. The van der Waals surface area contributed by atoms with Gasteiger partial charge in [-0.3, -0.25) is 0 Å². The van der Waals surface area contributed by atoms with Crippen molar-refractivity contribution in [2.45, 2.75) is 77.3 Å². The summed E-state index contributed by atoms with van der Waals surface area (Å²) in [6.45, 7) is 8.11. The van der Waals surface area contributed by atoms with Gasteiger partial charge >= 0.3 is 0 Å². The van der Waals surface area contributed by atoms with Crippen LogP contribution in [0.2, 0.25) is 0 Å². The summed E-state index contributed by atoms with van der Waals surface area (Å²) in [5, 5.41) is 7.48. The monoisotopic (exact) mass is 466 g/mol. The topological polar surface area (TPSA) is 24.1 Å². The summed E-state index contributed by atoms with van der Waals surface area (Å²) in [7, 11) is 2.11. The molecule has 2 aromatic carbocycles. The van der Waals surface area contributed by atoms with Crippen LogP contribution in [0.15, 0.2) is 60.7 Å². The van der Waals surface area contributed by atoms with Crippen LogP contribution in [0.1, 0.15) is 70.4 Å². The Morgan fingerprint density at radius 1 is 0.806 bits per heavy atom. The zero-order valence-electron chi connectivity index (χ0n) is 19.9. The first-order valence-corrected chi connectivity index (χ1v) is 11.6. The summed E-state index contributed by atoms with van der Waals surface area (Å²) in [6, 6.07) is 22.1. The SMILES string of the molecule is CCCCNC(NC)C(CCCCCc1ccccc1)(c1ccccc1)C(C)C.Cl.Cl. The van der Waals surface area contributed by atoms with Crippen LogP contribution in [0.5, 0.6) is 0 Å². The maximum atomic E-state index is 3.85. The third kappa shape index (κ3) is 8.77. The second kappa shape index (κ2) is 16.6. The molecular weight excluding hydrogens is 423 g/mol. The fourth-order valence-corrected chi connectivity index (χ4v) is 4.69. The minimum atomic E-state index is 0. The van der Waals surface area contributed by atoms with E-state index >= 15 is 0 Å². The van der Waals surface area contributed by atoms with Gasteiger partial charge in [-0.05, 0) is 56.3 Å². The van der Waals surface area contributed by atoms with Crippen molar-refractivity contribution in [3.63, 3.8) is 0 Å². The van der Waals surface area contributed by atoms with E-state index in [2.05, 4.69) is 99.1 Å². The van der Waals surface area contributed by atoms with Crippen LogP contribution < -0.4 is 10.6 Å². The van der Waals surface area contributed by atoms with Crippen molar-refractivity contribution in [1.82, 2.24) is 10.6 Å². The molecule has 0 bridgehead atoms. The lowest BCUT2D eigenvalue weighted by Crippen LogP contribution is -2.58. The van der Waals surface area contributed by atoms with E-state index in [-0.39, 0.29) is 36.4 Å². The Labute approximate surface area is 203 Å². The first kappa shape index (κ1) is 29.9. The predicted octanol–water partition coefficient (Wildman–Crippen LogP) is 7.16. The lowest BCUT2D eigenvalue weighted by molar-refractivity contribution is 0.172. The van der Waals surface area contributed by atoms with Crippen molar-refractivity contribution in [2.24, 2.45) is 5.92 Å². The van der Waals surface area contributed by atoms with Gasteiger partial charge < -0.3 is 10.6 Å². The van der Waals surface area contributed by atoms with E-state index in [1.807, 2.05) is 0 Å². The number of benzene rings is 2. The summed E-state index contributed by atoms with van der Waals surface area (Å²) in [5.41, 5.74) is 3.01. The van der Waals surface area contributed by atoms with Crippen LogP contribution in [0, 0.1) is 5.92 Å². The van der Waals surface area contributed by atoms with Crippen molar-refractivity contribution in [3.8, 4) is 0 Å². The predicted molar refractivity (Wildman–Crippen MR) is 142 cm³/mol. The Morgan fingerprint density at radius 2 is 1.42 bits per heavy atom. The fraction of sp³-hybridized carbons (Fsp3) is 0.556. The van der Waals surface area contributed by atoms with E-state index in [0.29, 0.717) is 5.92 Å². The molecule has 2 N–H and O–H groups in total. The number of aryl methyl sites for hydroxylation is 1. The molecule has 0 fully saturated rings. The van der Waals surface area contributed by atoms with E-state index < -0.39 is 0 Å². The van der Waals surface area contributed by atoms with Gasteiger partial charge in [0.2, 0.25) is 0 Å². The van der Waals surface area contributed by atoms with Crippen molar-refractivity contribution in [2.75, 3.05) is 13.6 Å². The third-order valence-corrected chi connectivity index (χ3v) is 6.42.